The summed E-state index contributed by atoms with van der Waals surface area (Å²) in [6, 6.07) is 1.47. The Morgan fingerprint density at radius 1 is 1.11 bits per heavy atom. The van der Waals surface area contributed by atoms with Crippen molar-refractivity contribution in [3.8, 4) is 0 Å². The maximum absolute atomic E-state index is 5.65. The zero-order valence-electron chi connectivity index (χ0n) is 11.7. The van der Waals surface area contributed by atoms with Gasteiger partial charge in [-0.25, -0.2) is 0 Å². The van der Waals surface area contributed by atoms with Crippen molar-refractivity contribution < 1.29 is 4.74 Å². The topological polar surface area (TPSA) is 24.5 Å². The summed E-state index contributed by atoms with van der Waals surface area (Å²) in [4.78, 5) is 2.80. The van der Waals surface area contributed by atoms with Gasteiger partial charge < -0.3 is 10.1 Å². The first kappa shape index (κ1) is 12.9. The highest BCUT2D eigenvalue weighted by molar-refractivity contribution is 4.90. The van der Waals surface area contributed by atoms with Gasteiger partial charge in [0.1, 0.15) is 0 Å². The zero-order valence-corrected chi connectivity index (χ0v) is 11.7. The van der Waals surface area contributed by atoms with Crippen LogP contribution in [0.15, 0.2) is 0 Å². The van der Waals surface area contributed by atoms with Gasteiger partial charge in [0.25, 0.3) is 0 Å². The summed E-state index contributed by atoms with van der Waals surface area (Å²) in [6.07, 6.45) is 8.76. The highest BCUT2D eigenvalue weighted by Crippen LogP contribution is 2.36. The number of piperidine rings is 1. The molecule has 3 fully saturated rings. The Labute approximate surface area is 111 Å². The van der Waals surface area contributed by atoms with E-state index in [9.17, 15) is 0 Å². The molecule has 0 aromatic rings. The first-order valence-corrected chi connectivity index (χ1v) is 7.87. The largest absolute Gasteiger partial charge is 0.379 e. The van der Waals surface area contributed by atoms with Gasteiger partial charge >= 0.3 is 0 Å². The second-order valence-electron chi connectivity index (χ2n) is 6.44. The van der Waals surface area contributed by atoms with Crippen LogP contribution in [0.3, 0.4) is 0 Å². The molecule has 0 aromatic carbocycles. The molecule has 0 radical (unpaired) electrons. The molecule has 3 aliphatic rings. The zero-order chi connectivity index (χ0) is 12.4. The molecule has 3 rings (SSSR count). The van der Waals surface area contributed by atoms with Gasteiger partial charge in [0.2, 0.25) is 0 Å². The summed E-state index contributed by atoms with van der Waals surface area (Å²) in [6.45, 7) is 4.45. The molecule has 1 aliphatic carbocycles. The Balaban J connectivity index is 1.60. The fourth-order valence-corrected chi connectivity index (χ4v) is 4.35. The summed E-state index contributed by atoms with van der Waals surface area (Å²) in [5.74, 6) is 1.71. The summed E-state index contributed by atoms with van der Waals surface area (Å²) < 4.78 is 5.65. The molecule has 1 N–H and O–H groups in total. The molecular formula is C15H28N2O. The smallest absolute Gasteiger partial charge is 0.0623 e. The highest BCUT2D eigenvalue weighted by Gasteiger charge is 2.36. The normalized spacial score (nSPS) is 41.8. The van der Waals surface area contributed by atoms with Crippen LogP contribution in [0.5, 0.6) is 0 Å². The maximum atomic E-state index is 5.65. The van der Waals surface area contributed by atoms with Crippen LogP contribution >= 0.6 is 0 Å². The van der Waals surface area contributed by atoms with Crippen LogP contribution in [0, 0.1) is 11.8 Å². The van der Waals surface area contributed by atoms with Gasteiger partial charge in [0.15, 0.2) is 0 Å². The Hall–Kier alpha value is -0.120. The van der Waals surface area contributed by atoms with Crippen molar-refractivity contribution in [2.45, 2.75) is 50.6 Å². The number of nitrogens with one attached hydrogen (secondary N) is 1. The van der Waals surface area contributed by atoms with Crippen molar-refractivity contribution in [1.29, 1.82) is 0 Å². The average molecular weight is 252 g/mol. The Kier molecular flexibility index (Phi) is 4.22. The van der Waals surface area contributed by atoms with E-state index in [0.29, 0.717) is 12.0 Å². The minimum Gasteiger partial charge on any atom is -0.379 e. The average Bonchev–Trinajstić information content (AvgIpc) is 2.86. The Morgan fingerprint density at radius 2 is 1.94 bits per heavy atom. The molecule has 0 spiro atoms. The minimum absolute atomic E-state index is 0.578. The van der Waals surface area contributed by atoms with E-state index < -0.39 is 0 Å². The standard InChI is InChI=1S/C15H28N2O/c1-16-14-11-18-10-13(14)9-17-8-4-6-12-5-2-3-7-15(12)17/h12-16H,2-11H2,1H3/t12-,13?,14?,15-/m1/s1. The molecule has 3 nitrogen and oxygen atoms in total. The molecule has 1 saturated carbocycles. The third-order valence-corrected chi connectivity index (χ3v) is 5.40. The molecule has 2 saturated heterocycles. The van der Waals surface area contributed by atoms with Crippen molar-refractivity contribution in [3.05, 3.63) is 0 Å². The van der Waals surface area contributed by atoms with Crippen LogP contribution in [-0.2, 0) is 4.74 Å². The first-order chi connectivity index (χ1) is 8.88. The van der Waals surface area contributed by atoms with Crippen molar-refractivity contribution in [2.75, 3.05) is 33.4 Å². The number of nitrogens with zero attached hydrogens (tertiary/aromatic N) is 1. The molecule has 2 aliphatic heterocycles. The summed E-state index contributed by atoms with van der Waals surface area (Å²) in [5.41, 5.74) is 0. The molecule has 4 atom stereocenters. The number of hydrogen-bond acceptors (Lipinski definition) is 3. The SMILES string of the molecule is CNC1COCC1CN1CCC[C@H]2CCCC[C@H]21. The van der Waals surface area contributed by atoms with Crippen molar-refractivity contribution in [2.24, 2.45) is 11.8 Å². The predicted molar refractivity (Wildman–Crippen MR) is 73.7 cm³/mol. The van der Waals surface area contributed by atoms with Crippen LogP contribution in [0.25, 0.3) is 0 Å². The number of rotatable bonds is 3. The van der Waals surface area contributed by atoms with Gasteiger partial charge in [-0.05, 0) is 45.2 Å². The molecule has 0 amide bonds. The molecule has 0 bridgehead atoms. The fraction of sp³-hybridized carbons (Fsp3) is 1.00. The van der Waals surface area contributed by atoms with E-state index in [1.54, 1.807) is 0 Å². The molecule has 2 heterocycles. The van der Waals surface area contributed by atoms with Gasteiger partial charge in [-0.3, -0.25) is 4.90 Å². The number of hydrogen-bond donors (Lipinski definition) is 1. The van der Waals surface area contributed by atoms with E-state index >= 15 is 0 Å². The minimum atomic E-state index is 0.578. The quantitative estimate of drug-likeness (QED) is 0.830. The monoisotopic (exact) mass is 252 g/mol. The van der Waals surface area contributed by atoms with E-state index in [4.69, 9.17) is 4.74 Å². The van der Waals surface area contributed by atoms with Gasteiger partial charge in [-0.1, -0.05) is 12.8 Å². The van der Waals surface area contributed by atoms with Gasteiger partial charge in [0, 0.05) is 24.5 Å². The molecular weight excluding hydrogens is 224 g/mol. The third-order valence-electron chi connectivity index (χ3n) is 5.40. The molecule has 2 unspecified atom stereocenters. The second-order valence-corrected chi connectivity index (χ2v) is 6.44. The highest BCUT2D eigenvalue weighted by atomic mass is 16.5. The number of fused-ring (bicyclic) bond motifs is 1. The van der Waals surface area contributed by atoms with E-state index in [1.807, 2.05) is 0 Å². The lowest BCUT2D eigenvalue weighted by atomic mass is 9.78. The number of likely N-dealkylation sites (N-methyl/N-ethyl adjacent to an activating group) is 1. The number of ether oxygens (including phenoxy) is 1. The molecule has 3 heteroatoms. The summed E-state index contributed by atoms with van der Waals surface area (Å²) >= 11 is 0. The van der Waals surface area contributed by atoms with Crippen LogP contribution in [0.2, 0.25) is 0 Å². The van der Waals surface area contributed by atoms with Crippen LogP contribution < -0.4 is 5.32 Å². The van der Waals surface area contributed by atoms with Crippen molar-refractivity contribution in [1.82, 2.24) is 10.2 Å². The summed E-state index contributed by atoms with van der Waals surface area (Å²) in [5, 5.41) is 3.42. The Morgan fingerprint density at radius 3 is 2.83 bits per heavy atom. The van der Waals surface area contributed by atoms with Crippen LogP contribution in [-0.4, -0.2) is 50.3 Å². The fourth-order valence-electron chi connectivity index (χ4n) is 4.35. The molecule has 0 aromatic heterocycles. The van der Waals surface area contributed by atoms with E-state index in [2.05, 4.69) is 17.3 Å². The maximum Gasteiger partial charge on any atom is 0.0623 e. The van der Waals surface area contributed by atoms with Gasteiger partial charge in [-0.15, -0.1) is 0 Å². The summed E-state index contributed by atoms with van der Waals surface area (Å²) in [7, 11) is 2.08. The molecule has 104 valence electrons. The molecule has 18 heavy (non-hydrogen) atoms. The lowest BCUT2D eigenvalue weighted by Gasteiger charge is -2.45. The van der Waals surface area contributed by atoms with Gasteiger partial charge in [-0.2, -0.15) is 0 Å². The predicted octanol–water partition coefficient (Wildman–Crippen LogP) is 1.88. The second kappa shape index (κ2) is 5.89. The van der Waals surface area contributed by atoms with Crippen LogP contribution in [0.1, 0.15) is 38.5 Å². The third kappa shape index (κ3) is 2.59. The van der Waals surface area contributed by atoms with E-state index in [0.717, 1.165) is 25.2 Å². The van der Waals surface area contributed by atoms with Crippen molar-refractivity contribution >= 4 is 0 Å². The van der Waals surface area contributed by atoms with Crippen LogP contribution in [0.4, 0.5) is 0 Å². The lowest BCUT2D eigenvalue weighted by Crippen LogP contribution is -2.50. The van der Waals surface area contributed by atoms with E-state index in [1.165, 1.54) is 51.6 Å². The van der Waals surface area contributed by atoms with E-state index in [-0.39, 0.29) is 0 Å². The number of likely N-dealkylation sites (tertiary alicyclic amines) is 1. The lowest BCUT2D eigenvalue weighted by molar-refractivity contribution is 0.0440. The van der Waals surface area contributed by atoms with Gasteiger partial charge in [0.05, 0.1) is 13.2 Å². The Bertz CT molecular complexity index is 269. The van der Waals surface area contributed by atoms with Crippen molar-refractivity contribution in [3.63, 3.8) is 0 Å². The first-order valence-electron chi connectivity index (χ1n) is 7.87.